The molecule has 0 bridgehead atoms. The van der Waals surface area contributed by atoms with Crippen molar-refractivity contribution >= 4 is 11.8 Å². The van der Waals surface area contributed by atoms with Crippen LogP contribution < -0.4 is 10.6 Å². The summed E-state index contributed by atoms with van der Waals surface area (Å²) >= 11 is 0. The van der Waals surface area contributed by atoms with Crippen molar-refractivity contribution < 1.29 is 9.59 Å². The first kappa shape index (κ1) is 24.5. The molecular weight excluding hydrogens is 420 g/mol. The van der Waals surface area contributed by atoms with E-state index in [1.165, 1.54) is 49.7 Å². The highest BCUT2D eigenvalue weighted by Crippen LogP contribution is 2.29. The van der Waals surface area contributed by atoms with E-state index in [0.29, 0.717) is 11.8 Å². The Kier molecular flexibility index (Phi) is 9.18. The van der Waals surface area contributed by atoms with E-state index in [2.05, 4.69) is 34.9 Å². The lowest BCUT2D eigenvalue weighted by Crippen LogP contribution is -2.52. The lowest BCUT2D eigenvalue weighted by atomic mass is 9.81. The molecule has 2 aliphatic rings. The summed E-state index contributed by atoms with van der Waals surface area (Å²) in [6, 6.07) is 20.7. The second kappa shape index (κ2) is 12.7. The lowest BCUT2D eigenvalue weighted by molar-refractivity contribution is -0.140. The van der Waals surface area contributed by atoms with Crippen LogP contribution in [0, 0.1) is 11.8 Å². The summed E-state index contributed by atoms with van der Waals surface area (Å²) in [6.45, 7) is 0. The van der Waals surface area contributed by atoms with Crippen LogP contribution in [0.25, 0.3) is 0 Å². The molecule has 2 aromatic rings. The van der Waals surface area contributed by atoms with Gasteiger partial charge in [-0.2, -0.15) is 0 Å². The van der Waals surface area contributed by atoms with E-state index < -0.39 is 11.8 Å². The highest BCUT2D eigenvalue weighted by Gasteiger charge is 2.30. The molecule has 2 atom stereocenters. The van der Waals surface area contributed by atoms with Gasteiger partial charge in [-0.3, -0.25) is 9.59 Å². The first-order valence-corrected chi connectivity index (χ1v) is 13.4. The SMILES string of the molecule is O=C(N[C@@H](Cc1ccccc1)C1CCCCC1)C(=O)N[C@@H](Cc1ccccc1)C1CCCCC1. The zero-order valence-electron chi connectivity index (χ0n) is 20.4. The molecule has 0 saturated heterocycles. The van der Waals surface area contributed by atoms with E-state index in [-0.39, 0.29) is 12.1 Å². The average Bonchev–Trinajstić information content (AvgIpc) is 2.90. The van der Waals surface area contributed by atoms with Gasteiger partial charge in [-0.15, -0.1) is 0 Å². The molecule has 2 aromatic carbocycles. The van der Waals surface area contributed by atoms with Crippen molar-refractivity contribution in [3.63, 3.8) is 0 Å². The van der Waals surface area contributed by atoms with Gasteiger partial charge in [0.05, 0.1) is 0 Å². The van der Waals surface area contributed by atoms with E-state index in [1.807, 2.05) is 36.4 Å². The standard InChI is InChI=1S/C30H40N2O2/c33-29(31-27(25-17-9-3-10-18-25)21-23-13-5-1-6-14-23)30(34)32-28(26-19-11-4-12-20-26)22-24-15-7-2-8-16-24/h1-2,5-8,13-16,25-28H,3-4,9-12,17-22H2,(H,31,33)(H,32,34)/t27-,28-/m0/s1. The van der Waals surface area contributed by atoms with Crippen molar-refractivity contribution in [2.24, 2.45) is 11.8 Å². The molecule has 0 heterocycles. The molecule has 182 valence electrons. The second-order valence-electron chi connectivity index (χ2n) is 10.3. The topological polar surface area (TPSA) is 58.2 Å². The molecule has 4 nitrogen and oxygen atoms in total. The number of hydrogen-bond acceptors (Lipinski definition) is 2. The molecule has 4 heteroatoms. The maximum absolute atomic E-state index is 13.1. The van der Waals surface area contributed by atoms with Gasteiger partial charge in [-0.25, -0.2) is 0 Å². The summed E-state index contributed by atoms with van der Waals surface area (Å²) in [6.07, 6.45) is 13.4. The summed E-state index contributed by atoms with van der Waals surface area (Å²) in [5, 5.41) is 6.31. The fraction of sp³-hybridized carbons (Fsp3) is 0.533. The molecule has 2 fully saturated rings. The van der Waals surface area contributed by atoms with Gasteiger partial charge in [-0.05, 0) is 61.5 Å². The van der Waals surface area contributed by atoms with E-state index in [0.717, 1.165) is 38.5 Å². The molecule has 0 aromatic heterocycles. The zero-order chi connectivity index (χ0) is 23.6. The zero-order valence-corrected chi connectivity index (χ0v) is 20.4. The molecular formula is C30H40N2O2. The van der Waals surface area contributed by atoms with E-state index in [1.54, 1.807) is 0 Å². The van der Waals surface area contributed by atoms with Crippen LogP contribution in [-0.4, -0.2) is 23.9 Å². The Morgan fingerprint density at radius 3 is 1.29 bits per heavy atom. The summed E-state index contributed by atoms with van der Waals surface area (Å²) in [5.41, 5.74) is 2.42. The Labute approximate surface area is 204 Å². The number of amides is 2. The quantitative estimate of drug-likeness (QED) is 0.504. The summed E-state index contributed by atoms with van der Waals surface area (Å²) < 4.78 is 0. The first-order valence-electron chi connectivity index (χ1n) is 13.4. The fourth-order valence-corrected chi connectivity index (χ4v) is 5.95. The van der Waals surface area contributed by atoms with Crippen LogP contribution in [-0.2, 0) is 22.4 Å². The summed E-state index contributed by atoms with van der Waals surface area (Å²) in [7, 11) is 0. The second-order valence-corrected chi connectivity index (χ2v) is 10.3. The molecule has 0 aliphatic heterocycles. The third kappa shape index (κ3) is 7.19. The van der Waals surface area contributed by atoms with E-state index in [9.17, 15) is 9.59 Å². The highest BCUT2D eigenvalue weighted by atomic mass is 16.2. The lowest BCUT2D eigenvalue weighted by Gasteiger charge is -2.33. The smallest absolute Gasteiger partial charge is 0.309 e. The van der Waals surface area contributed by atoms with Crippen LogP contribution in [0.3, 0.4) is 0 Å². The minimum absolute atomic E-state index is 0.00297. The van der Waals surface area contributed by atoms with Gasteiger partial charge in [0.2, 0.25) is 0 Å². The van der Waals surface area contributed by atoms with Crippen LogP contribution in [0.4, 0.5) is 0 Å². The summed E-state index contributed by atoms with van der Waals surface area (Å²) in [4.78, 5) is 26.3. The maximum Gasteiger partial charge on any atom is 0.309 e. The van der Waals surface area contributed by atoms with E-state index >= 15 is 0 Å². The van der Waals surface area contributed by atoms with Crippen LogP contribution >= 0.6 is 0 Å². The van der Waals surface area contributed by atoms with Crippen molar-refractivity contribution in [2.75, 3.05) is 0 Å². The molecule has 2 N–H and O–H groups in total. The number of hydrogen-bond donors (Lipinski definition) is 2. The maximum atomic E-state index is 13.1. The van der Waals surface area contributed by atoms with Crippen LogP contribution in [0.5, 0.6) is 0 Å². The van der Waals surface area contributed by atoms with E-state index in [4.69, 9.17) is 0 Å². The molecule has 0 spiro atoms. The van der Waals surface area contributed by atoms with Gasteiger partial charge < -0.3 is 10.6 Å². The largest absolute Gasteiger partial charge is 0.344 e. The predicted molar refractivity (Wildman–Crippen MR) is 137 cm³/mol. The normalized spacial score (nSPS) is 19.2. The Balaban J connectivity index is 1.42. The summed E-state index contributed by atoms with van der Waals surface area (Å²) in [5.74, 6) is -0.0749. The Bertz CT molecular complexity index is 811. The molecule has 0 unspecified atom stereocenters. The van der Waals surface area contributed by atoms with Gasteiger partial charge in [0, 0.05) is 12.1 Å². The van der Waals surface area contributed by atoms with Crippen LogP contribution in [0.2, 0.25) is 0 Å². The predicted octanol–water partition coefficient (Wildman–Crippen LogP) is 5.60. The van der Waals surface area contributed by atoms with Gasteiger partial charge >= 0.3 is 11.8 Å². The number of carbonyl (C=O) groups is 2. The molecule has 34 heavy (non-hydrogen) atoms. The molecule has 2 aliphatic carbocycles. The van der Waals surface area contributed by atoms with Crippen molar-refractivity contribution in [2.45, 2.75) is 89.1 Å². The average molecular weight is 461 g/mol. The molecule has 4 rings (SSSR count). The van der Waals surface area contributed by atoms with Gasteiger partial charge in [0.25, 0.3) is 0 Å². The third-order valence-corrected chi connectivity index (χ3v) is 7.87. The first-order chi connectivity index (χ1) is 16.7. The monoisotopic (exact) mass is 460 g/mol. The van der Waals surface area contributed by atoms with Crippen LogP contribution in [0.15, 0.2) is 60.7 Å². The number of rotatable bonds is 8. The Morgan fingerprint density at radius 2 is 0.941 bits per heavy atom. The Morgan fingerprint density at radius 1 is 0.588 bits per heavy atom. The molecule has 2 saturated carbocycles. The number of benzene rings is 2. The van der Waals surface area contributed by atoms with Gasteiger partial charge in [-0.1, -0.05) is 99.2 Å². The number of carbonyl (C=O) groups excluding carboxylic acids is 2. The highest BCUT2D eigenvalue weighted by molar-refractivity contribution is 6.35. The van der Waals surface area contributed by atoms with Crippen molar-refractivity contribution in [1.29, 1.82) is 0 Å². The van der Waals surface area contributed by atoms with Gasteiger partial charge in [0.1, 0.15) is 0 Å². The van der Waals surface area contributed by atoms with Crippen molar-refractivity contribution in [3.05, 3.63) is 71.8 Å². The number of nitrogens with one attached hydrogen (secondary N) is 2. The minimum atomic E-state index is -0.472. The molecule has 0 radical (unpaired) electrons. The Hall–Kier alpha value is -2.62. The minimum Gasteiger partial charge on any atom is -0.344 e. The van der Waals surface area contributed by atoms with Gasteiger partial charge in [0.15, 0.2) is 0 Å². The third-order valence-electron chi connectivity index (χ3n) is 7.87. The fourth-order valence-electron chi connectivity index (χ4n) is 5.95. The van der Waals surface area contributed by atoms with Crippen LogP contribution in [0.1, 0.15) is 75.3 Å². The van der Waals surface area contributed by atoms with Crippen molar-refractivity contribution in [3.8, 4) is 0 Å². The molecule has 2 amide bonds. The van der Waals surface area contributed by atoms with Crippen molar-refractivity contribution in [1.82, 2.24) is 10.6 Å².